The lowest BCUT2D eigenvalue weighted by Crippen LogP contribution is -1.80. The van der Waals surface area contributed by atoms with Gasteiger partial charge >= 0.3 is 0 Å². The zero-order chi connectivity index (χ0) is 14.1. The first kappa shape index (κ1) is 11.9. The van der Waals surface area contributed by atoms with Crippen molar-refractivity contribution in [1.29, 1.82) is 0 Å². The molecule has 21 heavy (non-hydrogen) atoms. The first-order valence-electron chi connectivity index (χ1n) is 7.00. The number of fused-ring (bicyclic) bond motifs is 1. The predicted octanol–water partition coefficient (Wildman–Crippen LogP) is 4.90. The van der Waals surface area contributed by atoms with Gasteiger partial charge in [-0.05, 0) is 34.9 Å². The Morgan fingerprint density at radius 1 is 0.714 bits per heavy atom. The van der Waals surface area contributed by atoms with Gasteiger partial charge in [-0.2, -0.15) is 0 Å². The van der Waals surface area contributed by atoms with Crippen molar-refractivity contribution in [1.82, 2.24) is 9.97 Å². The molecule has 0 aliphatic carbocycles. The van der Waals surface area contributed by atoms with E-state index < -0.39 is 0 Å². The third-order valence-corrected chi connectivity index (χ3v) is 3.73. The molecule has 0 spiro atoms. The van der Waals surface area contributed by atoms with E-state index in [0.717, 1.165) is 11.0 Å². The molecule has 4 rings (SSSR count). The minimum atomic E-state index is 0.928. The van der Waals surface area contributed by atoms with Crippen LogP contribution in [0.25, 0.3) is 33.3 Å². The summed E-state index contributed by atoms with van der Waals surface area (Å²) in [5.74, 6) is 0. The monoisotopic (exact) mass is 270 g/mol. The highest BCUT2D eigenvalue weighted by Gasteiger charge is 2.07. The Balaban J connectivity index is 1.87. The number of pyridine rings is 1. The molecule has 2 aromatic carbocycles. The van der Waals surface area contributed by atoms with Crippen molar-refractivity contribution in [3.05, 3.63) is 79.1 Å². The molecule has 1 N–H and O–H groups in total. The zero-order valence-electron chi connectivity index (χ0n) is 11.5. The van der Waals surface area contributed by atoms with Gasteiger partial charge in [-0.25, -0.2) is 4.98 Å². The lowest BCUT2D eigenvalue weighted by Gasteiger charge is -2.05. The van der Waals surface area contributed by atoms with Gasteiger partial charge < -0.3 is 4.98 Å². The third kappa shape index (κ3) is 2.11. The number of aromatic amines is 1. The Morgan fingerprint density at radius 3 is 2.43 bits per heavy atom. The number of hydrogen-bond acceptors (Lipinski definition) is 1. The van der Waals surface area contributed by atoms with Crippen molar-refractivity contribution in [3.8, 4) is 22.3 Å². The van der Waals surface area contributed by atoms with E-state index in [1.165, 1.54) is 22.3 Å². The number of rotatable bonds is 2. The number of nitrogens with one attached hydrogen (secondary N) is 1. The minimum Gasteiger partial charge on any atom is -0.346 e. The smallest absolute Gasteiger partial charge is 0.137 e. The summed E-state index contributed by atoms with van der Waals surface area (Å²) >= 11 is 0. The summed E-state index contributed by atoms with van der Waals surface area (Å²) in [5.41, 5.74) is 5.78. The van der Waals surface area contributed by atoms with E-state index in [0.29, 0.717) is 0 Å². The second-order valence-corrected chi connectivity index (χ2v) is 5.05. The van der Waals surface area contributed by atoms with Gasteiger partial charge in [0.15, 0.2) is 0 Å². The summed E-state index contributed by atoms with van der Waals surface area (Å²) in [6.45, 7) is 0. The zero-order valence-corrected chi connectivity index (χ0v) is 11.5. The summed E-state index contributed by atoms with van der Waals surface area (Å²) in [4.78, 5) is 7.59. The van der Waals surface area contributed by atoms with Gasteiger partial charge in [0, 0.05) is 23.3 Å². The van der Waals surface area contributed by atoms with Crippen LogP contribution in [0.15, 0.2) is 79.1 Å². The van der Waals surface area contributed by atoms with E-state index in [1.807, 2.05) is 24.5 Å². The molecule has 0 bridgehead atoms. The van der Waals surface area contributed by atoms with Crippen LogP contribution in [0.4, 0.5) is 0 Å². The van der Waals surface area contributed by atoms with E-state index in [9.17, 15) is 0 Å². The molecule has 2 aromatic heterocycles. The van der Waals surface area contributed by atoms with Crippen LogP contribution < -0.4 is 0 Å². The van der Waals surface area contributed by atoms with Crippen LogP contribution in [-0.4, -0.2) is 9.97 Å². The van der Waals surface area contributed by atoms with Crippen LogP contribution >= 0.6 is 0 Å². The number of aromatic nitrogens is 2. The Bertz CT molecular complexity index is 892. The van der Waals surface area contributed by atoms with Crippen LogP contribution in [0, 0.1) is 0 Å². The average Bonchev–Trinajstić information content (AvgIpc) is 3.00. The Labute approximate surface area is 123 Å². The second-order valence-electron chi connectivity index (χ2n) is 5.05. The fourth-order valence-corrected chi connectivity index (χ4v) is 2.69. The lowest BCUT2D eigenvalue weighted by molar-refractivity contribution is 1.33. The fraction of sp³-hybridized carbons (Fsp3) is 0. The number of benzene rings is 2. The van der Waals surface area contributed by atoms with Gasteiger partial charge in [-0.1, -0.05) is 48.5 Å². The van der Waals surface area contributed by atoms with Crippen molar-refractivity contribution >= 4 is 11.0 Å². The number of hydrogen-bond donors (Lipinski definition) is 1. The summed E-state index contributed by atoms with van der Waals surface area (Å²) in [5, 5.41) is 1.16. The van der Waals surface area contributed by atoms with Gasteiger partial charge in [-0.15, -0.1) is 0 Å². The van der Waals surface area contributed by atoms with Crippen molar-refractivity contribution in [3.63, 3.8) is 0 Å². The molecule has 2 nitrogen and oxygen atoms in total. The normalized spacial score (nSPS) is 10.9. The van der Waals surface area contributed by atoms with Crippen LogP contribution in [0.2, 0.25) is 0 Å². The maximum atomic E-state index is 4.35. The predicted molar refractivity (Wildman–Crippen MR) is 87.0 cm³/mol. The van der Waals surface area contributed by atoms with Gasteiger partial charge in [0.1, 0.15) is 5.65 Å². The first-order chi connectivity index (χ1) is 10.4. The molecule has 2 heterocycles. The molecule has 0 fully saturated rings. The van der Waals surface area contributed by atoms with Crippen LogP contribution in [0.5, 0.6) is 0 Å². The second kappa shape index (κ2) is 4.91. The SMILES string of the molecule is c1ccc(-c2cccc(-c3c[nH]c4ncccc34)c2)cc1. The Kier molecular flexibility index (Phi) is 2.79. The third-order valence-electron chi connectivity index (χ3n) is 3.73. The molecule has 0 saturated heterocycles. The van der Waals surface area contributed by atoms with Gasteiger partial charge in [-0.3, -0.25) is 0 Å². The molecule has 0 saturated carbocycles. The largest absolute Gasteiger partial charge is 0.346 e. The first-order valence-corrected chi connectivity index (χ1v) is 7.00. The molecule has 4 aromatic rings. The summed E-state index contributed by atoms with van der Waals surface area (Å²) in [7, 11) is 0. The topological polar surface area (TPSA) is 28.7 Å². The standard InChI is InChI=1S/C19H14N2/c1-2-6-14(7-3-1)15-8-4-9-16(12-15)18-13-21-19-17(18)10-5-11-20-19/h1-13H,(H,20,21). The molecular formula is C19H14N2. The van der Waals surface area contributed by atoms with Crippen molar-refractivity contribution in [2.45, 2.75) is 0 Å². The summed E-state index contributed by atoms with van der Waals surface area (Å²) in [6, 6.07) is 23.1. The van der Waals surface area contributed by atoms with Gasteiger partial charge in [0.2, 0.25) is 0 Å². The minimum absolute atomic E-state index is 0.928. The van der Waals surface area contributed by atoms with Crippen molar-refractivity contribution < 1.29 is 0 Å². The van der Waals surface area contributed by atoms with Crippen LogP contribution in [-0.2, 0) is 0 Å². The number of nitrogens with zero attached hydrogens (tertiary/aromatic N) is 1. The van der Waals surface area contributed by atoms with E-state index in [1.54, 1.807) is 0 Å². The van der Waals surface area contributed by atoms with E-state index >= 15 is 0 Å². The van der Waals surface area contributed by atoms with Gasteiger partial charge in [0.05, 0.1) is 0 Å². The molecule has 0 aliphatic rings. The van der Waals surface area contributed by atoms with Gasteiger partial charge in [0.25, 0.3) is 0 Å². The number of H-pyrrole nitrogens is 1. The maximum Gasteiger partial charge on any atom is 0.137 e. The molecule has 100 valence electrons. The van der Waals surface area contributed by atoms with E-state index in [-0.39, 0.29) is 0 Å². The Hall–Kier alpha value is -2.87. The van der Waals surface area contributed by atoms with Crippen molar-refractivity contribution in [2.24, 2.45) is 0 Å². The summed E-state index contributed by atoms with van der Waals surface area (Å²) in [6.07, 6.45) is 3.84. The van der Waals surface area contributed by atoms with Crippen molar-refractivity contribution in [2.75, 3.05) is 0 Å². The molecule has 0 aliphatic heterocycles. The summed E-state index contributed by atoms with van der Waals surface area (Å²) < 4.78 is 0. The van der Waals surface area contributed by atoms with E-state index in [2.05, 4.69) is 64.6 Å². The highest BCUT2D eigenvalue weighted by Crippen LogP contribution is 2.30. The molecule has 0 radical (unpaired) electrons. The molecule has 0 unspecified atom stereocenters. The fourth-order valence-electron chi connectivity index (χ4n) is 2.69. The lowest BCUT2D eigenvalue weighted by atomic mass is 9.99. The molecular weight excluding hydrogens is 256 g/mol. The average molecular weight is 270 g/mol. The maximum absolute atomic E-state index is 4.35. The van der Waals surface area contributed by atoms with E-state index in [4.69, 9.17) is 0 Å². The Morgan fingerprint density at radius 2 is 1.52 bits per heavy atom. The van der Waals surface area contributed by atoms with Crippen LogP contribution in [0.1, 0.15) is 0 Å². The molecule has 2 heteroatoms. The quantitative estimate of drug-likeness (QED) is 0.551. The highest BCUT2D eigenvalue weighted by atomic mass is 14.8. The van der Waals surface area contributed by atoms with Crippen LogP contribution in [0.3, 0.4) is 0 Å². The highest BCUT2D eigenvalue weighted by molar-refractivity contribution is 5.94. The molecule has 0 atom stereocenters. The molecule has 0 amide bonds.